The van der Waals surface area contributed by atoms with Crippen LogP contribution in [0.4, 0.5) is 0 Å². The number of carbonyl (C=O) groups excluding carboxylic acids is 1. The smallest absolute Gasteiger partial charge is 0.343 e. The van der Waals surface area contributed by atoms with E-state index in [1.165, 1.54) is 23.9 Å². The highest BCUT2D eigenvalue weighted by Crippen LogP contribution is 2.29. The predicted molar refractivity (Wildman–Crippen MR) is 110 cm³/mol. The zero-order chi connectivity index (χ0) is 21.8. The minimum Gasteiger partial charge on any atom is -0.465 e. The number of hydrogen-bond acceptors (Lipinski definition) is 8. The normalized spacial score (nSPS) is 10.6. The molecule has 0 fully saturated rings. The molecule has 0 aliphatic carbocycles. The molecule has 0 unspecified atom stereocenters. The van der Waals surface area contributed by atoms with E-state index in [0.29, 0.717) is 28.0 Å². The third-order valence-electron chi connectivity index (χ3n) is 4.24. The third-order valence-corrected chi connectivity index (χ3v) is 4.56. The van der Waals surface area contributed by atoms with Crippen molar-refractivity contribution < 1.29 is 18.8 Å². The number of para-hydroxylation sites is 1. The Bertz CT molecular complexity index is 1300. The summed E-state index contributed by atoms with van der Waals surface area (Å²) in [4.78, 5) is 32.6. The Balaban J connectivity index is 1.55. The molecular formula is C21H15ClN4O5. The van der Waals surface area contributed by atoms with Gasteiger partial charge in [0.15, 0.2) is 0 Å². The molecule has 156 valence electrons. The maximum absolute atomic E-state index is 12.4. The Labute approximate surface area is 180 Å². The Hall–Kier alpha value is -3.98. The molecule has 9 nitrogen and oxygen atoms in total. The number of hydrogen-bond donors (Lipinski definition) is 0. The topological polar surface area (TPSA) is 109 Å². The fourth-order valence-corrected chi connectivity index (χ4v) is 2.93. The van der Waals surface area contributed by atoms with Crippen LogP contribution >= 0.6 is 11.6 Å². The van der Waals surface area contributed by atoms with E-state index in [9.17, 15) is 9.59 Å². The first-order valence-electron chi connectivity index (χ1n) is 9.04. The second-order valence-electron chi connectivity index (χ2n) is 6.27. The van der Waals surface area contributed by atoms with Gasteiger partial charge in [0.1, 0.15) is 17.9 Å². The third kappa shape index (κ3) is 4.46. The Morgan fingerprint density at radius 2 is 2.03 bits per heavy atom. The molecule has 0 radical (unpaired) electrons. The van der Waals surface area contributed by atoms with Crippen LogP contribution in [-0.4, -0.2) is 32.8 Å². The average molecular weight is 439 g/mol. The molecule has 3 aromatic heterocycles. The molecular weight excluding hydrogens is 424 g/mol. The van der Waals surface area contributed by atoms with Crippen LogP contribution in [0.3, 0.4) is 0 Å². The lowest BCUT2D eigenvalue weighted by atomic mass is 10.2. The van der Waals surface area contributed by atoms with Crippen LogP contribution in [0.2, 0.25) is 5.02 Å². The summed E-state index contributed by atoms with van der Waals surface area (Å²) in [5, 5.41) is 4.40. The van der Waals surface area contributed by atoms with E-state index in [-0.39, 0.29) is 18.0 Å². The fraction of sp³-hybridized carbons (Fsp3) is 0.0952. The molecule has 0 aliphatic heterocycles. The van der Waals surface area contributed by atoms with Gasteiger partial charge in [-0.25, -0.2) is 9.78 Å². The first-order chi connectivity index (χ1) is 15.0. The minimum absolute atomic E-state index is 0.00919. The summed E-state index contributed by atoms with van der Waals surface area (Å²) < 4.78 is 16.9. The number of esters is 1. The van der Waals surface area contributed by atoms with Gasteiger partial charge in [-0.2, -0.15) is 4.98 Å². The lowest BCUT2D eigenvalue weighted by Gasteiger charge is -2.06. The quantitative estimate of drug-likeness (QED) is 0.420. The summed E-state index contributed by atoms with van der Waals surface area (Å²) >= 11 is 6.11. The zero-order valence-electron chi connectivity index (χ0n) is 16.2. The minimum atomic E-state index is -0.714. The number of pyridine rings is 2. The van der Waals surface area contributed by atoms with Crippen molar-refractivity contribution in [1.82, 2.24) is 19.7 Å². The number of methoxy groups -OCH3 is 1. The van der Waals surface area contributed by atoms with Crippen LogP contribution in [-0.2, 0) is 11.3 Å². The molecule has 0 atom stereocenters. The van der Waals surface area contributed by atoms with Crippen molar-refractivity contribution in [3.8, 4) is 23.0 Å². The van der Waals surface area contributed by atoms with Gasteiger partial charge in [-0.1, -0.05) is 28.9 Å². The van der Waals surface area contributed by atoms with Gasteiger partial charge in [-0.15, -0.1) is 0 Å². The van der Waals surface area contributed by atoms with Crippen molar-refractivity contribution in [2.75, 3.05) is 7.11 Å². The molecule has 0 N–H and O–H groups in total. The van der Waals surface area contributed by atoms with Crippen LogP contribution in [0.1, 0.15) is 16.2 Å². The molecule has 10 heteroatoms. The molecule has 0 bridgehead atoms. The van der Waals surface area contributed by atoms with Crippen molar-refractivity contribution in [3.63, 3.8) is 0 Å². The van der Waals surface area contributed by atoms with Crippen LogP contribution < -0.4 is 10.3 Å². The van der Waals surface area contributed by atoms with Crippen LogP contribution in [0, 0.1) is 0 Å². The first-order valence-corrected chi connectivity index (χ1v) is 9.42. The average Bonchev–Trinajstić information content (AvgIpc) is 3.25. The molecule has 4 rings (SSSR count). The molecule has 3 heterocycles. The molecule has 0 spiro atoms. The Kier molecular flexibility index (Phi) is 5.76. The van der Waals surface area contributed by atoms with E-state index in [1.807, 2.05) is 0 Å². The van der Waals surface area contributed by atoms with Gasteiger partial charge >= 0.3 is 5.97 Å². The van der Waals surface area contributed by atoms with Crippen molar-refractivity contribution in [2.24, 2.45) is 0 Å². The van der Waals surface area contributed by atoms with Crippen molar-refractivity contribution in [3.05, 3.63) is 87.8 Å². The molecule has 0 amide bonds. The number of benzene rings is 1. The largest absolute Gasteiger partial charge is 0.465 e. The van der Waals surface area contributed by atoms with Gasteiger partial charge in [-0.3, -0.25) is 4.79 Å². The number of ether oxygens (including phenoxy) is 2. The van der Waals surface area contributed by atoms with Gasteiger partial charge in [-0.05, 0) is 30.3 Å². The van der Waals surface area contributed by atoms with Crippen molar-refractivity contribution in [2.45, 2.75) is 6.54 Å². The fourth-order valence-electron chi connectivity index (χ4n) is 2.75. The van der Waals surface area contributed by atoms with E-state index in [2.05, 4.69) is 19.9 Å². The summed E-state index contributed by atoms with van der Waals surface area (Å²) in [5.74, 6) is 0.530. The maximum Gasteiger partial charge on any atom is 0.343 e. The van der Waals surface area contributed by atoms with Gasteiger partial charge in [0, 0.05) is 24.0 Å². The number of carbonyl (C=O) groups is 1. The summed E-state index contributed by atoms with van der Waals surface area (Å²) in [6.07, 6.45) is 3.06. The van der Waals surface area contributed by atoms with Crippen LogP contribution in [0.15, 0.2) is 70.2 Å². The second kappa shape index (κ2) is 8.80. The molecule has 1 aromatic carbocycles. The highest BCUT2D eigenvalue weighted by Gasteiger charge is 2.15. The number of halogens is 1. The van der Waals surface area contributed by atoms with Crippen LogP contribution in [0.25, 0.3) is 11.4 Å². The van der Waals surface area contributed by atoms with E-state index < -0.39 is 11.5 Å². The van der Waals surface area contributed by atoms with Crippen molar-refractivity contribution in [1.29, 1.82) is 0 Å². The van der Waals surface area contributed by atoms with Gasteiger partial charge < -0.3 is 18.6 Å². The molecule has 0 aliphatic rings. The van der Waals surface area contributed by atoms with E-state index >= 15 is 0 Å². The molecule has 0 saturated heterocycles. The Morgan fingerprint density at radius 1 is 1.19 bits per heavy atom. The predicted octanol–water partition coefficient (Wildman–Crippen LogP) is 3.57. The van der Waals surface area contributed by atoms with Crippen LogP contribution in [0.5, 0.6) is 11.6 Å². The summed E-state index contributed by atoms with van der Waals surface area (Å²) in [6, 6.07) is 13.3. The van der Waals surface area contributed by atoms with E-state index in [0.717, 1.165) is 0 Å². The van der Waals surface area contributed by atoms with Gasteiger partial charge in [0.25, 0.3) is 5.56 Å². The maximum atomic E-state index is 12.4. The van der Waals surface area contributed by atoms with Gasteiger partial charge in [0.05, 0.1) is 12.1 Å². The highest BCUT2D eigenvalue weighted by atomic mass is 35.5. The number of aromatic nitrogens is 4. The molecule has 31 heavy (non-hydrogen) atoms. The summed E-state index contributed by atoms with van der Waals surface area (Å²) in [6.45, 7) is -0.00919. The second-order valence-corrected chi connectivity index (χ2v) is 6.68. The SMILES string of the molecule is COC(=O)c1cccn(Cc2nc(-c3ccnc(Oc4ccccc4Cl)c3)no2)c1=O. The van der Waals surface area contributed by atoms with Gasteiger partial charge in [0.2, 0.25) is 17.6 Å². The first kappa shape index (κ1) is 20.3. The Morgan fingerprint density at radius 3 is 2.84 bits per heavy atom. The lowest BCUT2D eigenvalue weighted by Crippen LogP contribution is -2.26. The molecule has 4 aromatic rings. The van der Waals surface area contributed by atoms with Crippen molar-refractivity contribution >= 4 is 17.6 Å². The number of rotatable bonds is 6. The zero-order valence-corrected chi connectivity index (χ0v) is 16.9. The standard InChI is InChI=1S/C21H15ClN4O5/c1-29-21(28)14-5-4-10-26(20(14)27)12-18-24-19(25-31-18)13-8-9-23-17(11-13)30-16-7-3-2-6-15(16)22/h2-11H,12H2,1H3. The summed E-state index contributed by atoms with van der Waals surface area (Å²) in [5.41, 5.74) is -0.00335. The summed E-state index contributed by atoms with van der Waals surface area (Å²) in [7, 11) is 1.21. The monoisotopic (exact) mass is 438 g/mol. The molecule has 0 saturated carbocycles. The number of nitrogens with zero attached hydrogens (tertiary/aromatic N) is 4. The van der Waals surface area contributed by atoms with E-state index in [4.69, 9.17) is 20.9 Å². The van der Waals surface area contributed by atoms with E-state index in [1.54, 1.807) is 48.7 Å². The lowest BCUT2D eigenvalue weighted by molar-refractivity contribution is 0.0598. The highest BCUT2D eigenvalue weighted by molar-refractivity contribution is 6.32.